The van der Waals surface area contributed by atoms with Crippen molar-refractivity contribution < 1.29 is 9.18 Å². The van der Waals surface area contributed by atoms with Crippen molar-refractivity contribution in [2.45, 2.75) is 25.3 Å². The molecule has 2 aromatic heterocycles. The van der Waals surface area contributed by atoms with E-state index in [9.17, 15) is 9.18 Å². The Hall–Kier alpha value is -2.21. The summed E-state index contributed by atoms with van der Waals surface area (Å²) in [6.45, 7) is 0.750. The highest BCUT2D eigenvalue weighted by molar-refractivity contribution is 7.10. The number of halogens is 1. The molecular weight excluding hydrogens is 313 g/mol. The number of amides is 1. The van der Waals surface area contributed by atoms with Crippen LogP contribution in [0, 0.1) is 5.82 Å². The van der Waals surface area contributed by atoms with Gasteiger partial charge in [0.1, 0.15) is 11.6 Å². The molecule has 1 atom stereocenters. The summed E-state index contributed by atoms with van der Waals surface area (Å²) in [5, 5.41) is 1.98. The molecule has 1 fully saturated rings. The zero-order chi connectivity index (χ0) is 15.8. The number of imidazole rings is 1. The summed E-state index contributed by atoms with van der Waals surface area (Å²) in [7, 11) is 0. The third-order valence-corrected chi connectivity index (χ3v) is 5.13. The van der Waals surface area contributed by atoms with Gasteiger partial charge in [0.15, 0.2) is 0 Å². The number of carbonyl (C=O) groups is 1. The van der Waals surface area contributed by atoms with Gasteiger partial charge in [-0.3, -0.25) is 4.79 Å². The van der Waals surface area contributed by atoms with Gasteiger partial charge in [-0.05, 0) is 42.5 Å². The van der Waals surface area contributed by atoms with E-state index < -0.39 is 0 Å². The third-order valence-electron chi connectivity index (χ3n) is 4.26. The van der Waals surface area contributed by atoms with E-state index in [0.29, 0.717) is 11.9 Å². The Morgan fingerprint density at radius 3 is 3.17 bits per heavy atom. The van der Waals surface area contributed by atoms with Crippen LogP contribution in [0.3, 0.4) is 0 Å². The fourth-order valence-corrected chi connectivity index (χ4v) is 3.87. The molecular formula is C17H16FN3OS. The molecule has 3 aromatic rings. The van der Waals surface area contributed by atoms with E-state index in [1.54, 1.807) is 17.4 Å². The van der Waals surface area contributed by atoms with Crippen molar-refractivity contribution in [2.24, 2.45) is 0 Å². The number of nitrogens with one attached hydrogen (secondary N) is 1. The van der Waals surface area contributed by atoms with Crippen LogP contribution in [0.5, 0.6) is 0 Å². The predicted molar refractivity (Wildman–Crippen MR) is 87.8 cm³/mol. The maximum atomic E-state index is 13.3. The van der Waals surface area contributed by atoms with Crippen LogP contribution in [0.15, 0.2) is 35.7 Å². The van der Waals surface area contributed by atoms with Crippen molar-refractivity contribution >= 4 is 28.3 Å². The van der Waals surface area contributed by atoms with Crippen molar-refractivity contribution in [1.29, 1.82) is 0 Å². The molecule has 1 aliphatic heterocycles. The van der Waals surface area contributed by atoms with E-state index in [1.807, 2.05) is 22.4 Å². The number of nitrogens with zero attached hydrogens (tertiary/aromatic N) is 2. The van der Waals surface area contributed by atoms with E-state index in [-0.39, 0.29) is 17.8 Å². The highest BCUT2D eigenvalue weighted by Crippen LogP contribution is 2.32. The van der Waals surface area contributed by atoms with Crippen LogP contribution < -0.4 is 0 Å². The largest absolute Gasteiger partial charge is 0.340 e. The monoisotopic (exact) mass is 329 g/mol. The van der Waals surface area contributed by atoms with Gasteiger partial charge in [-0.1, -0.05) is 6.07 Å². The summed E-state index contributed by atoms with van der Waals surface area (Å²) in [6, 6.07) is 8.41. The Morgan fingerprint density at radius 2 is 2.35 bits per heavy atom. The smallest absolute Gasteiger partial charge is 0.228 e. The molecule has 0 radical (unpaired) electrons. The molecule has 6 heteroatoms. The van der Waals surface area contributed by atoms with Gasteiger partial charge in [0, 0.05) is 11.4 Å². The lowest BCUT2D eigenvalue weighted by molar-refractivity contribution is -0.131. The maximum absolute atomic E-state index is 13.3. The van der Waals surface area contributed by atoms with Crippen molar-refractivity contribution in [1.82, 2.24) is 14.9 Å². The molecule has 23 heavy (non-hydrogen) atoms. The van der Waals surface area contributed by atoms with Crippen LogP contribution >= 0.6 is 11.3 Å². The molecule has 1 N–H and O–H groups in total. The van der Waals surface area contributed by atoms with Crippen LogP contribution in [0.2, 0.25) is 0 Å². The quantitative estimate of drug-likeness (QED) is 0.797. The van der Waals surface area contributed by atoms with Gasteiger partial charge in [0.25, 0.3) is 0 Å². The summed E-state index contributed by atoms with van der Waals surface area (Å²) in [6.07, 6.45) is 2.29. The van der Waals surface area contributed by atoms with Crippen molar-refractivity contribution in [3.8, 4) is 0 Å². The number of hydrogen-bond donors (Lipinski definition) is 1. The molecule has 1 aromatic carbocycles. The standard InChI is InChI=1S/C17H16FN3OS/c18-11-5-6-13-14(9-11)20-17(19-13)15-4-1-7-21(15)16(22)10-12-3-2-8-23-12/h2-3,5-6,8-9,15H,1,4,7,10H2,(H,19,20). The van der Waals surface area contributed by atoms with E-state index in [4.69, 9.17) is 0 Å². The Bertz CT molecular complexity index is 843. The van der Waals surface area contributed by atoms with Gasteiger partial charge >= 0.3 is 0 Å². The highest BCUT2D eigenvalue weighted by atomic mass is 32.1. The first-order valence-corrected chi connectivity index (χ1v) is 8.56. The van der Waals surface area contributed by atoms with Gasteiger partial charge in [-0.25, -0.2) is 9.37 Å². The second-order valence-electron chi connectivity index (χ2n) is 5.78. The zero-order valence-electron chi connectivity index (χ0n) is 12.5. The molecule has 1 amide bonds. The molecule has 1 aliphatic rings. The number of rotatable bonds is 3. The molecule has 0 saturated carbocycles. The van der Waals surface area contributed by atoms with Crippen molar-refractivity contribution in [3.05, 3.63) is 52.2 Å². The second-order valence-corrected chi connectivity index (χ2v) is 6.82. The summed E-state index contributed by atoms with van der Waals surface area (Å²) >= 11 is 1.60. The number of hydrogen-bond acceptors (Lipinski definition) is 3. The number of aromatic nitrogens is 2. The number of thiophene rings is 1. The van der Waals surface area contributed by atoms with E-state index in [2.05, 4.69) is 9.97 Å². The van der Waals surface area contributed by atoms with E-state index in [1.165, 1.54) is 12.1 Å². The average molecular weight is 329 g/mol. The lowest BCUT2D eigenvalue weighted by Crippen LogP contribution is -2.32. The first kappa shape index (κ1) is 14.4. The molecule has 3 heterocycles. The minimum absolute atomic E-state index is 0.0436. The van der Waals surface area contributed by atoms with Crippen molar-refractivity contribution in [3.63, 3.8) is 0 Å². The number of likely N-dealkylation sites (tertiary alicyclic amines) is 1. The molecule has 4 nitrogen and oxygen atoms in total. The zero-order valence-corrected chi connectivity index (χ0v) is 13.3. The minimum atomic E-state index is -0.287. The molecule has 0 bridgehead atoms. The number of H-pyrrole nitrogens is 1. The first-order chi connectivity index (χ1) is 11.2. The molecule has 0 spiro atoms. The van der Waals surface area contributed by atoms with Crippen LogP contribution in [0.4, 0.5) is 4.39 Å². The second kappa shape index (κ2) is 5.77. The Labute approximate surface area is 137 Å². The molecule has 4 rings (SSSR count). The summed E-state index contributed by atoms with van der Waals surface area (Å²) in [4.78, 5) is 23.3. The number of carbonyl (C=O) groups excluding carboxylic acids is 1. The topological polar surface area (TPSA) is 49.0 Å². The van der Waals surface area contributed by atoms with E-state index in [0.717, 1.165) is 35.6 Å². The maximum Gasteiger partial charge on any atom is 0.228 e. The van der Waals surface area contributed by atoms with Crippen LogP contribution in [0.1, 0.15) is 29.6 Å². The van der Waals surface area contributed by atoms with Gasteiger partial charge < -0.3 is 9.88 Å². The molecule has 0 aliphatic carbocycles. The Kier molecular flexibility index (Phi) is 3.61. The van der Waals surface area contributed by atoms with E-state index >= 15 is 0 Å². The fourth-order valence-electron chi connectivity index (χ4n) is 3.17. The first-order valence-electron chi connectivity index (χ1n) is 7.68. The summed E-state index contributed by atoms with van der Waals surface area (Å²) in [5.41, 5.74) is 1.41. The van der Waals surface area contributed by atoms with Crippen LogP contribution in [-0.4, -0.2) is 27.3 Å². The highest BCUT2D eigenvalue weighted by Gasteiger charge is 2.32. The lowest BCUT2D eigenvalue weighted by Gasteiger charge is -2.23. The molecule has 1 saturated heterocycles. The number of fused-ring (bicyclic) bond motifs is 1. The average Bonchev–Trinajstić information content (AvgIpc) is 3.26. The lowest BCUT2D eigenvalue weighted by atomic mass is 10.2. The summed E-state index contributed by atoms with van der Waals surface area (Å²) in [5.74, 6) is 0.592. The number of aromatic amines is 1. The molecule has 118 valence electrons. The normalized spacial score (nSPS) is 18.0. The third kappa shape index (κ3) is 2.74. The fraction of sp³-hybridized carbons (Fsp3) is 0.294. The van der Waals surface area contributed by atoms with Crippen LogP contribution in [-0.2, 0) is 11.2 Å². The summed E-state index contributed by atoms with van der Waals surface area (Å²) < 4.78 is 13.3. The van der Waals surface area contributed by atoms with Gasteiger partial charge in [0.05, 0.1) is 23.5 Å². The SMILES string of the molecule is O=C(Cc1cccs1)N1CCCC1c1nc2ccc(F)cc2[nH]1. The Balaban J connectivity index is 1.59. The molecule has 1 unspecified atom stereocenters. The minimum Gasteiger partial charge on any atom is -0.340 e. The van der Waals surface area contributed by atoms with Gasteiger partial charge in [-0.2, -0.15) is 0 Å². The predicted octanol–water partition coefficient (Wildman–Crippen LogP) is 3.67. The Morgan fingerprint density at radius 1 is 1.43 bits per heavy atom. The number of benzene rings is 1. The van der Waals surface area contributed by atoms with Gasteiger partial charge in [0.2, 0.25) is 5.91 Å². The van der Waals surface area contributed by atoms with Crippen molar-refractivity contribution in [2.75, 3.05) is 6.54 Å². The van der Waals surface area contributed by atoms with Gasteiger partial charge in [-0.15, -0.1) is 11.3 Å². The van der Waals surface area contributed by atoms with Crippen LogP contribution in [0.25, 0.3) is 11.0 Å².